The van der Waals surface area contributed by atoms with Crippen molar-refractivity contribution in [3.8, 4) is 0 Å². The van der Waals surface area contributed by atoms with Crippen molar-refractivity contribution in [1.29, 1.82) is 0 Å². The van der Waals surface area contributed by atoms with Crippen LogP contribution in [0.3, 0.4) is 0 Å². The molecule has 0 saturated carbocycles. The average molecular weight is 475 g/mol. The van der Waals surface area contributed by atoms with Gasteiger partial charge in [0.25, 0.3) is 0 Å². The van der Waals surface area contributed by atoms with Gasteiger partial charge in [-0.2, -0.15) is 5.10 Å². The van der Waals surface area contributed by atoms with Crippen molar-refractivity contribution < 1.29 is 4.79 Å². The summed E-state index contributed by atoms with van der Waals surface area (Å²) in [5, 5.41) is 5.34. The summed E-state index contributed by atoms with van der Waals surface area (Å²) in [6.45, 7) is 13.9. The van der Waals surface area contributed by atoms with Gasteiger partial charge in [0, 0.05) is 12.2 Å². The van der Waals surface area contributed by atoms with Crippen LogP contribution in [0.1, 0.15) is 67.6 Å². The summed E-state index contributed by atoms with van der Waals surface area (Å²) in [6.07, 6.45) is 0.350. The third kappa shape index (κ3) is 5.22. The van der Waals surface area contributed by atoms with Crippen LogP contribution < -0.4 is 4.90 Å². The highest BCUT2D eigenvalue weighted by Crippen LogP contribution is 2.34. The minimum absolute atomic E-state index is 0.0592. The first-order valence-electron chi connectivity index (χ1n) is 12.0. The number of amides is 1. The summed E-state index contributed by atoms with van der Waals surface area (Å²) in [6, 6.07) is 16.8. The number of carbonyl (C=O) groups is 1. The van der Waals surface area contributed by atoms with E-state index in [2.05, 4.69) is 88.2 Å². The molecule has 0 aliphatic carbocycles. The van der Waals surface area contributed by atoms with Gasteiger partial charge >= 0.3 is 0 Å². The normalized spacial score (nSPS) is 11.6. The summed E-state index contributed by atoms with van der Waals surface area (Å²) in [5.41, 5.74) is 6.61. The second kappa shape index (κ2) is 10.1. The maximum Gasteiger partial charge on any atom is 0.233 e. The van der Waals surface area contributed by atoms with Gasteiger partial charge in [0.2, 0.25) is 5.91 Å². The molecule has 0 bridgehead atoms. The number of benzene rings is 2. The summed E-state index contributed by atoms with van der Waals surface area (Å²) < 4.78 is 3.09. The second-order valence-corrected chi connectivity index (χ2v) is 10.6. The largest absolute Gasteiger partial charge is 0.286 e. The number of aromatic nitrogens is 3. The fourth-order valence-corrected chi connectivity index (χ4v) is 5.30. The monoisotopic (exact) mass is 474 g/mol. The van der Waals surface area contributed by atoms with E-state index in [1.54, 1.807) is 11.3 Å². The Morgan fingerprint density at radius 1 is 1.03 bits per heavy atom. The van der Waals surface area contributed by atoms with Crippen LogP contribution in [-0.2, 0) is 17.8 Å². The van der Waals surface area contributed by atoms with Crippen LogP contribution in [0.15, 0.2) is 48.5 Å². The van der Waals surface area contributed by atoms with Crippen molar-refractivity contribution >= 4 is 32.6 Å². The van der Waals surface area contributed by atoms with Crippen LogP contribution >= 0.6 is 11.3 Å². The maximum atomic E-state index is 13.6. The van der Waals surface area contributed by atoms with Crippen LogP contribution in [0.5, 0.6) is 0 Å². The lowest BCUT2D eigenvalue weighted by Crippen LogP contribution is -2.35. The third-order valence-corrected chi connectivity index (χ3v) is 7.28. The fourth-order valence-electron chi connectivity index (χ4n) is 4.25. The highest BCUT2D eigenvalue weighted by Gasteiger charge is 2.22. The number of hydrogen-bond acceptors (Lipinski definition) is 4. The minimum Gasteiger partial charge on any atom is -0.286 e. The minimum atomic E-state index is 0.0592. The lowest BCUT2D eigenvalue weighted by Gasteiger charge is -2.20. The first-order valence-corrected chi connectivity index (χ1v) is 12.8. The molecule has 6 heteroatoms. The second-order valence-electron chi connectivity index (χ2n) is 9.61. The van der Waals surface area contributed by atoms with E-state index in [4.69, 9.17) is 4.98 Å². The van der Waals surface area contributed by atoms with Crippen molar-refractivity contribution in [1.82, 2.24) is 14.8 Å². The van der Waals surface area contributed by atoms with Gasteiger partial charge in [-0.15, -0.1) is 0 Å². The molecule has 0 fully saturated rings. The van der Waals surface area contributed by atoms with Crippen molar-refractivity contribution in [3.05, 3.63) is 76.6 Å². The van der Waals surface area contributed by atoms with Crippen LogP contribution in [0.2, 0.25) is 0 Å². The zero-order valence-corrected chi connectivity index (χ0v) is 21.8. The first-order chi connectivity index (χ1) is 16.2. The topological polar surface area (TPSA) is 51.0 Å². The number of anilines is 1. The SMILES string of the molecule is Cc1cc(C)n(CCN(C(=O)Cc2ccc(C(C)C)cc2)c2nc3c(C(C)C)cccc3s2)n1. The van der Waals surface area contributed by atoms with Crippen molar-refractivity contribution in [3.63, 3.8) is 0 Å². The Bertz CT molecular complexity index is 1280. The number of aryl methyl sites for hydroxylation is 2. The molecule has 0 radical (unpaired) electrons. The number of thiazole rings is 1. The zero-order chi connectivity index (χ0) is 24.4. The van der Waals surface area contributed by atoms with E-state index in [9.17, 15) is 4.79 Å². The van der Waals surface area contributed by atoms with Gasteiger partial charge < -0.3 is 0 Å². The van der Waals surface area contributed by atoms with E-state index >= 15 is 0 Å². The van der Waals surface area contributed by atoms with E-state index < -0.39 is 0 Å². The number of hydrogen-bond donors (Lipinski definition) is 0. The molecule has 1 amide bonds. The van der Waals surface area contributed by atoms with Crippen molar-refractivity contribution in [2.45, 2.75) is 66.3 Å². The maximum absolute atomic E-state index is 13.6. The molecule has 178 valence electrons. The first kappa shape index (κ1) is 24.1. The van der Waals surface area contributed by atoms with Crippen molar-refractivity contribution in [2.75, 3.05) is 11.4 Å². The molecule has 34 heavy (non-hydrogen) atoms. The molecule has 0 N–H and O–H groups in total. The molecule has 2 heterocycles. The van der Waals surface area contributed by atoms with Crippen LogP contribution in [0.4, 0.5) is 5.13 Å². The average Bonchev–Trinajstić information content (AvgIpc) is 3.36. The molecule has 0 aliphatic rings. The Labute approximate surface area is 206 Å². The van der Waals surface area contributed by atoms with Gasteiger partial charge in [-0.25, -0.2) is 4.98 Å². The molecule has 4 rings (SSSR count). The van der Waals surface area contributed by atoms with E-state index in [1.807, 2.05) is 16.5 Å². The number of fused-ring (bicyclic) bond motifs is 1. The Balaban J connectivity index is 1.64. The number of rotatable bonds is 8. The molecule has 2 aromatic heterocycles. The summed E-state index contributed by atoms with van der Waals surface area (Å²) in [4.78, 5) is 20.4. The molecular weight excluding hydrogens is 440 g/mol. The third-order valence-electron chi connectivity index (χ3n) is 6.23. The predicted octanol–water partition coefficient (Wildman–Crippen LogP) is 6.63. The Morgan fingerprint density at radius 3 is 2.38 bits per heavy atom. The molecule has 4 aromatic rings. The molecule has 0 aliphatic heterocycles. The van der Waals surface area contributed by atoms with Crippen LogP contribution in [-0.4, -0.2) is 27.2 Å². The van der Waals surface area contributed by atoms with Gasteiger partial charge in [0.15, 0.2) is 5.13 Å². The highest BCUT2D eigenvalue weighted by atomic mass is 32.1. The van der Waals surface area contributed by atoms with Crippen LogP contribution in [0, 0.1) is 13.8 Å². The van der Waals surface area contributed by atoms with E-state index in [0.717, 1.165) is 32.3 Å². The smallest absolute Gasteiger partial charge is 0.233 e. The van der Waals surface area contributed by atoms with Gasteiger partial charge in [0.1, 0.15) is 0 Å². The van der Waals surface area contributed by atoms with Gasteiger partial charge in [-0.05, 0) is 54.5 Å². The van der Waals surface area contributed by atoms with Crippen LogP contribution in [0.25, 0.3) is 10.2 Å². The van der Waals surface area contributed by atoms with E-state index in [-0.39, 0.29) is 5.91 Å². The number of nitrogens with zero attached hydrogens (tertiary/aromatic N) is 4. The Kier molecular flexibility index (Phi) is 7.17. The summed E-state index contributed by atoms with van der Waals surface area (Å²) in [5.74, 6) is 0.904. The van der Waals surface area contributed by atoms with E-state index in [0.29, 0.717) is 31.3 Å². The number of carbonyl (C=O) groups excluding carboxylic acids is 1. The Morgan fingerprint density at radius 2 is 1.76 bits per heavy atom. The fraction of sp³-hybridized carbons (Fsp3) is 0.393. The Hall–Kier alpha value is -2.99. The predicted molar refractivity (Wildman–Crippen MR) is 142 cm³/mol. The van der Waals surface area contributed by atoms with Gasteiger partial charge in [-0.3, -0.25) is 14.4 Å². The molecule has 0 atom stereocenters. The molecule has 0 saturated heterocycles. The number of para-hydroxylation sites is 1. The molecule has 5 nitrogen and oxygen atoms in total. The molecule has 0 unspecified atom stereocenters. The lowest BCUT2D eigenvalue weighted by atomic mass is 10.0. The zero-order valence-electron chi connectivity index (χ0n) is 21.0. The summed E-state index contributed by atoms with van der Waals surface area (Å²) in [7, 11) is 0. The van der Waals surface area contributed by atoms with Gasteiger partial charge in [-0.1, -0.05) is 75.4 Å². The molecular formula is C28H34N4OS. The molecule has 0 spiro atoms. The van der Waals surface area contributed by atoms with Gasteiger partial charge in [0.05, 0.1) is 28.9 Å². The van der Waals surface area contributed by atoms with Crippen molar-refractivity contribution in [2.24, 2.45) is 0 Å². The molecule has 2 aromatic carbocycles. The summed E-state index contributed by atoms with van der Waals surface area (Å²) >= 11 is 1.59. The standard InChI is InChI=1S/C28H34N4OS/c1-18(2)23-12-10-22(11-13-23)17-26(33)31(14-15-32-21(6)16-20(5)30-32)28-29-27-24(19(3)4)8-7-9-25(27)34-28/h7-13,16,18-19H,14-15,17H2,1-6H3. The quantitative estimate of drug-likeness (QED) is 0.288. The van der Waals surface area contributed by atoms with E-state index in [1.165, 1.54) is 11.1 Å². The lowest BCUT2D eigenvalue weighted by molar-refractivity contribution is -0.118. The highest BCUT2D eigenvalue weighted by molar-refractivity contribution is 7.22.